The number of aromatic carboxylic acids is 1. The number of rotatable bonds is 4. The van der Waals surface area contributed by atoms with Crippen LogP contribution in [0.1, 0.15) is 16.1 Å². The van der Waals surface area contributed by atoms with Crippen molar-refractivity contribution in [2.24, 2.45) is 0 Å². The van der Waals surface area contributed by atoms with Crippen molar-refractivity contribution in [1.29, 1.82) is 0 Å². The number of furan rings is 1. The van der Waals surface area contributed by atoms with Gasteiger partial charge >= 0.3 is 5.97 Å². The highest BCUT2D eigenvalue weighted by Gasteiger charge is 2.16. The fraction of sp³-hybridized carbons (Fsp3) is 0. The maximum Gasteiger partial charge on any atom is 0.337 e. The third kappa shape index (κ3) is 5.02. The molecule has 0 radical (unpaired) electrons. The lowest BCUT2D eigenvalue weighted by Crippen LogP contribution is -2.33. The Hall–Kier alpha value is -1.97. The summed E-state index contributed by atoms with van der Waals surface area (Å²) in [4.78, 5) is 23.1. The first-order valence-electron chi connectivity index (χ1n) is 6.42. The first kappa shape index (κ1) is 18.4. The van der Waals surface area contributed by atoms with Gasteiger partial charge in [-0.05, 0) is 58.5 Å². The van der Waals surface area contributed by atoms with Gasteiger partial charge in [0.15, 0.2) is 5.11 Å². The van der Waals surface area contributed by atoms with E-state index in [2.05, 4.69) is 42.5 Å². The number of carbonyl (C=O) groups is 2. The van der Waals surface area contributed by atoms with E-state index in [4.69, 9.17) is 16.6 Å². The number of carboxylic acids is 1. The molecule has 1 aromatic carbocycles. The average molecular weight is 474 g/mol. The minimum Gasteiger partial charge on any atom is -0.478 e. The van der Waals surface area contributed by atoms with Crippen molar-refractivity contribution >= 4 is 72.8 Å². The molecule has 0 spiro atoms. The van der Waals surface area contributed by atoms with E-state index in [1.54, 1.807) is 18.2 Å². The molecule has 0 fully saturated rings. The van der Waals surface area contributed by atoms with Crippen molar-refractivity contribution in [2.45, 2.75) is 0 Å². The lowest BCUT2D eigenvalue weighted by molar-refractivity contribution is -0.115. The van der Waals surface area contributed by atoms with Gasteiger partial charge in [0.1, 0.15) is 5.76 Å². The predicted molar refractivity (Wildman–Crippen MR) is 101 cm³/mol. The summed E-state index contributed by atoms with van der Waals surface area (Å²) < 4.78 is 6.14. The summed E-state index contributed by atoms with van der Waals surface area (Å²) in [6.07, 6.45) is 4.22. The summed E-state index contributed by atoms with van der Waals surface area (Å²) in [6, 6.07) is 6.48. The summed E-state index contributed by atoms with van der Waals surface area (Å²) in [5, 5.41) is 14.4. The second-order valence-corrected chi connectivity index (χ2v) is 6.59. The maximum atomic E-state index is 11.8. The zero-order valence-electron chi connectivity index (χ0n) is 11.9. The van der Waals surface area contributed by atoms with Gasteiger partial charge in [0.25, 0.3) is 0 Å². The summed E-state index contributed by atoms with van der Waals surface area (Å²) in [5.41, 5.74) is 0.241. The van der Waals surface area contributed by atoms with Gasteiger partial charge in [0.05, 0.1) is 17.5 Å². The predicted octanol–water partition coefficient (Wildman–Crippen LogP) is 4.03. The largest absolute Gasteiger partial charge is 0.478 e. The average Bonchev–Trinajstić information content (AvgIpc) is 3.00. The zero-order chi connectivity index (χ0) is 17.7. The van der Waals surface area contributed by atoms with Gasteiger partial charge in [-0.2, -0.15) is 0 Å². The van der Waals surface area contributed by atoms with Crippen molar-refractivity contribution < 1.29 is 19.1 Å². The summed E-state index contributed by atoms with van der Waals surface area (Å²) >= 11 is 11.5. The molecule has 1 amide bonds. The third-order valence-electron chi connectivity index (χ3n) is 2.70. The van der Waals surface area contributed by atoms with Crippen LogP contribution >= 0.6 is 44.1 Å². The molecule has 1 heterocycles. The topological polar surface area (TPSA) is 91.6 Å². The van der Waals surface area contributed by atoms with Gasteiger partial charge in [-0.3, -0.25) is 10.1 Å². The Bertz CT molecular complexity index is 819. The van der Waals surface area contributed by atoms with Crippen molar-refractivity contribution in [2.75, 3.05) is 5.32 Å². The van der Waals surface area contributed by atoms with E-state index in [9.17, 15) is 14.7 Å². The van der Waals surface area contributed by atoms with Crippen LogP contribution in [0.3, 0.4) is 0 Å². The van der Waals surface area contributed by atoms with Crippen LogP contribution in [0.2, 0.25) is 0 Å². The molecule has 6 nitrogen and oxygen atoms in total. The lowest BCUT2D eigenvalue weighted by Gasteiger charge is -2.13. The number of amides is 1. The molecule has 0 aliphatic carbocycles. The van der Waals surface area contributed by atoms with Crippen LogP contribution in [-0.2, 0) is 4.79 Å². The molecule has 0 saturated carbocycles. The number of benzene rings is 1. The van der Waals surface area contributed by atoms with E-state index < -0.39 is 11.9 Å². The molecule has 1 aromatic heterocycles. The molecule has 0 atom stereocenters. The highest BCUT2D eigenvalue weighted by molar-refractivity contribution is 9.11. The molecule has 0 aliphatic rings. The van der Waals surface area contributed by atoms with Crippen LogP contribution in [0.5, 0.6) is 0 Å². The SMILES string of the molecule is O=C(C=Cc1ccco1)NC(=S)Nc1c(Br)cc(Br)cc1C(=O)O. The van der Waals surface area contributed by atoms with E-state index in [-0.39, 0.29) is 16.4 Å². The van der Waals surface area contributed by atoms with Crippen LogP contribution in [0, 0.1) is 0 Å². The van der Waals surface area contributed by atoms with E-state index >= 15 is 0 Å². The Morgan fingerprint density at radius 1 is 1.29 bits per heavy atom. The molecule has 3 N–H and O–H groups in total. The zero-order valence-corrected chi connectivity index (χ0v) is 15.9. The molecule has 2 aromatic rings. The van der Waals surface area contributed by atoms with Gasteiger partial charge < -0.3 is 14.8 Å². The van der Waals surface area contributed by atoms with Crippen LogP contribution in [-0.4, -0.2) is 22.1 Å². The Labute approximate surface area is 159 Å². The molecule has 0 saturated heterocycles. The smallest absolute Gasteiger partial charge is 0.337 e. The van der Waals surface area contributed by atoms with Crippen LogP contribution < -0.4 is 10.6 Å². The Balaban J connectivity index is 2.07. The van der Waals surface area contributed by atoms with Crippen molar-refractivity contribution in [1.82, 2.24) is 5.32 Å². The molecule has 0 aliphatic heterocycles. The van der Waals surface area contributed by atoms with Crippen molar-refractivity contribution in [3.05, 3.63) is 56.9 Å². The Morgan fingerprint density at radius 2 is 2.04 bits per heavy atom. The van der Waals surface area contributed by atoms with Crippen molar-refractivity contribution in [3.8, 4) is 0 Å². The number of nitrogens with one attached hydrogen (secondary N) is 2. The fourth-order valence-electron chi connectivity index (χ4n) is 1.71. The van der Waals surface area contributed by atoms with Gasteiger partial charge in [-0.15, -0.1) is 0 Å². The maximum absolute atomic E-state index is 11.8. The van der Waals surface area contributed by atoms with Crippen LogP contribution in [0.4, 0.5) is 5.69 Å². The molecular weight excluding hydrogens is 464 g/mol. The monoisotopic (exact) mass is 472 g/mol. The molecular formula is C15H10Br2N2O4S. The summed E-state index contributed by atoms with van der Waals surface area (Å²) in [5.74, 6) is -1.09. The molecule has 2 rings (SSSR count). The standard InChI is InChI=1S/C15H10Br2N2O4S/c16-8-6-10(14(21)22)13(11(17)7-8)19-15(24)18-12(20)4-3-9-2-1-5-23-9/h1-7H,(H,21,22)(H2,18,19,20,24). The second-order valence-electron chi connectivity index (χ2n) is 4.41. The second kappa shape index (κ2) is 8.22. The van der Waals surface area contributed by atoms with Crippen LogP contribution in [0.25, 0.3) is 6.08 Å². The summed E-state index contributed by atoms with van der Waals surface area (Å²) in [7, 11) is 0. The third-order valence-corrected chi connectivity index (χ3v) is 3.99. The van der Waals surface area contributed by atoms with Gasteiger partial charge in [0, 0.05) is 15.0 Å². The molecule has 0 bridgehead atoms. The van der Waals surface area contributed by atoms with Crippen LogP contribution in [0.15, 0.2) is 50.0 Å². The van der Waals surface area contributed by atoms with E-state index in [0.717, 1.165) is 0 Å². The molecule has 9 heteroatoms. The lowest BCUT2D eigenvalue weighted by atomic mass is 10.2. The number of thiocarbonyl (C=S) groups is 1. The quantitative estimate of drug-likeness (QED) is 0.458. The van der Waals surface area contributed by atoms with Gasteiger partial charge in [-0.25, -0.2) is 4.79 Å². The summed E-state index contributed by atoms with van der Waals surface area (Å²) in [6.45, 7) is 0. The molecule has 24 heavy (non-hydrogen) atoms. The molecule has 0 unspecified atom stereocenters. The number of carbonyl (C=O) groups excluding carboxylic acids is 1. The Morgan fingerprint density at radius 3 is 2.67 bits per heavy atom. The first-order chi connectivity index (χ1) is 11.4. The van der Waals surface area contributed by atoms with E-state index in [1.807, 2.05) is 0 Å². The normalized spacial score (nSPS) is 10.6. The number of hydrogen-bond donors (Lipinski definition) is 3. The fourth-order valence-corrected chi connectivity index (χ4v) is 3.24. The minimum atomic E-state index is -1.13. The van der Waals surface area contributed by atoms with Crippen molar-refractivity contribution in [3.63, 3.8) is 0 Å². The first-order valence-corrected chi connectivity index (χ1v) is 8.42. The van der Waals surface area contributed by atoms with E-state index in [0.29, 0.717) is 14.7 Å². The number of carboxylic acid groups (broad SMARTS) is 1. The van der Waals surface area contributed by atoms with Gasteiger partial charge in [0.2, 0.25) is 5.91 Å². The highest BCUT2D eigenvalue weighted by Crippen LogP contribution is 2.30. The number of halogens is 2. The number of anilines is 1. The Kier molecular flexibility index (Phi) is 6.29. The minimum absolute atomic E-state index is 0.000948. The van der Waals surface area contributed by atoms with Gasteiger partial charge in [-0.1, -0.05) is 15.9 Å². The molecule has 124 valence electrons. The number of hydrogen-bond acceptors (Lipinski definition) is 4. The van der Waals surface area contributed by atoms with E-state index in [1.165, 1.54) is 24.5 Å². The highest BCUT2D eigenvalue weighted by atomic mass is 79.9.